The first-order valence-electron chi connectivity index (χ1n) is 3.82. The van der Waals surface area contributed by atoms with Crippen molar-refractivity contribution in [3.8, 4) is 0 Å². The molecule has 1 aromatic heterocycles. The molecule has 0 radical (unpaired) electrons. The van der Waals surface area contributed by atoms with Crippen molar-refractivity contribution in [1.29, 1.82) is 0 Å². The van der Waals surface area contributed by atoms with Crippen LogP contribution in [0.4, 0.5) is 5.69 Å². The number of aldehydes is 1. The quantitative estimate of drug-likeness (QED) is 0.555. The van der Waals surface area contributed by atoms with Gasteiger partial charge in [0.2, 0.25) is 0 Å². The summed E-state index contributed by atoms with van der Waals surface area (Å²) in [6.45, 7) is 1.93. The molecule has 13 heavy (non-hydrogen) atoms. The number of hydrogen-bond acceptors (Lipinski definition) is 4. The number of aryl methyl sites for hydroxylation is 1. The Bertz CT molecular complexity index is 437. The molecule has 0 atom stereocenters. The lowest BCUT2D eigenvalue weighted by Crippen LogP contribution is -1.87. The molecule has 4 heteroatoms. The van der Waals surface area contributed by atoms with Crippen LogP contribution in [0.5, 0.6) is 0 Å². The monoisotopic (exact) mass is 192 g/mol. The fraction of sp³-hybridized carbons (Fsp3) is 0.111. The maximum absolute atomic E-state index is 10.5. The predicted octanol–water partition coefficient (Wildman–Crippen LogP) is 2.00. The molecule has 2 rings (SSSR count). The van der Waals surface area contributed by atoms with Crippen LogP contribution in [0.25, 0.3) is 10.2 Å². The van der Waals surface area contributed by atoms with E-state index in [0.29, 0.717) is 5.01 Å². The topological polar surface area (TPSA) is 56.0 Å². The van der Waals surface area contributed by atoms with Gasteiger partial charge in [0.1, 0.15) is 0 Å². The lowest BCUT2D eigenvalue weighted by atomic mass is 10.2. The van der Waals surface area contributed by atoms with Crippen molar-refractivity contribution in [3.05, 3.63) is 22.7 Å². The van der Waals surface area contributed by atoms with Crippen molar-refractivity contribution in [2.75, 3.05) is 5.73 Å². The summed E-state index contributed by atoms with van der Waals surface area (Å²) >= 11 is 1.36. The van der Waals surface area contributed by atoms with Crippen LogP contribution in [0, 0.1) is 6.92 Å². The van der Waals surface area contributed by atoms with Crippen LogP contribution in [0.1, 0.15) is 15.4 Å². The third-order valence-corrected chi connectivity index (χ3v) is 2.84. The average molecular weight is 192 g/mol. The Balaban J connectivity index is 2.77. The standard InChI is InChI=1S/C9H8N2OS/c1-5-2-7-8(3-6(5)10)13-9(4-12)11-7/h2-4H,10H2,1H3. The van der Waals surface area contributed by atoms with Gasteiger partial charge in [0.15, 0.2) is 11.3 Å². The SMILES string of the molecule is Cc1cc2nc(C=O)sc2cc1N. The third kappa shape index (κ3) is 1.29. The number of benzene rings is 1. The first-order valence-corrected chi connectivity index (χ1v) is 4.64. The van der Waals surface area contributed by atoms with Gasteiger partial charge >= 0.3 is 0 Å². The fourth-order valence-corrected chi connectivity index (χ4v) is 1.97. The third-order valence-electron chi connectivity index (χ3n) is 1.89. The van der Waals surface area contributed by atoms with E-state index in [1.165, 1.54) is 11.3 Å². The number of rotatable bonds is 1. The van der Waals surface area contributed by atoms with Gasteiger partial charge in [-0.3, -0.25) is 4.79 Å². The zero-order valence-electron chi connectivity index (χ0n) is 7.07. The highest BCUT2D eigenvalue weighted by Gasteiger charge is 2.04. The Morgan fingerprint density at radius 2 is 2.31 bits per heavy atom. The average Bonchev–Trinajstić information content (AvgIpc) is 2.48. The highest BCUT2D eigenvalue weighted by Crippen LogP contribution is 2.25. The van der Waals surface area contributed by atoms with Crippen LogP contribution in [-0.4, -0.2) is 11.3 Å². The lowest BCUT2D eigenvalue weighted by molar-refractivity contribution is 0.112. The molecule has 66 valence electrons. The number of nitrogens with two attached hydrogens (primary N) is 1. The fourth-order valence-electron chi connectivity index (χ4n) is 1.16. The molecule has 0 fully saturated rings. The summed E-state index contributed by atoms with van der Waals surface area (Å²) in [5.74, 6) is 0. The van der Waals surface area contributed by atoms with Crippen LogP contribution in [0.2, 0.25) is 0 Å². The van der Waals surface area contributed by atoms with E-state index >= 15 is 0 Å². The molecule has 1 aromatic carbocycles. The van der Waals surface area contributed by atoms with Gasteiger partial charge in [-0.05, 0) is 24.6 Å². The van der Waals surface area contributed by atoms with Gasteiger partial charge < -0.3 is 5.73 Å². The molecule has 2 aromatic rings. The highest BCUT2D eigenvalue weighted by atomic mass is 32.1. The summed E-state index contributed by atoms with van der Waals surface area (Å²) in [7, 11) is 0. The molecule has 0 aliphatic rings. The number of hydrogen-bond donors (Lipinski definition) is 1. The minimum absolute atomic E-state index is 0.500. The zero-order chi connectivity index (χ0) is 9.42. The maximum Gasteiger partial charge on any atom is 0.178 e. The summed E-state index contributed by atoms with van der Waals surface area (Å²) in [4.78, 5) is 14.6. The largest absolute Gasteiger partial charge is 0.398 e. The van der Waals surface area contributed by atoms with Crippen molar-refractivity contribution >= 4 is 33.5 Å². The van der Waals surface area contributed by atoms with Crippen molar-refractivity contribution in [3.63, 3.8) is 0 Å². The normalized spacial score (nSPS) is 10.5. The second kappa shape index (κ2) is 2.81. The van der Waals surface area contributed by atoms with E-state index in [9.17, 15) is 4.79 Å². The second-order valence-electron chi connectivity index (χ2n) is 2.85. The van der Waals surface area contributed by atoms with E-state index in [2.05, 4.69) is 4.98 Å². The minimum Gasteiger partial charge on any atom is -0.398 e. The molecule has 0 amide bonds. The molecule has 2 N–H and O–H groups in total. The number of anilines is 1. The molecule has 0 bridgehead atoms. The molecule has 0 aliphatic carbocycles. The van der Waals surface area contributed by atoms with E-state index in [1.54, 1.807) is 0 Å². The van der Waals surface area contributed by atoms with Crippen LogP contribution in [-0.2, 0) is 0 Å². The van der Waals surface area contributed by atoms with Gasteiger partial charge in [0.05, 0.1) is 10.2 Å². The summed E-state index contributed by atoms with van der Waals surface area (Å²) in [5.41, 5.74) is 8.31. The van der Waals surface area contributed by atoms with Crippen molar-refractivity contribution < 1.29 is 4.79 Å². The molecule has 0 aliphatic heterocycles. The number of fused-ring (bicyclic) bond motifs is 1. The Hall–Kier alpha value is -1.42. The first-order chi connectivity index (χ1) is 6.20. The van der Waals surface area contributed by atoms with Crippen LogP contribution >= 0.6 is 11.3 Å². The van der Waals surface area contributed by atoms with Gasteiger partial charge in [-0.15, -0.1) is 11.3 Å². The number of thiazole rings is 1. The van der Waals surface area contributed by atoms with E-state index < -0.39 is 0 Å². The second-order valence-corrected chi connectivity index (χ2v) is 3.91. The number of carbonyl (C=O) groups excluding carboxylic acids is 1. The number of nitrogens with zero attached hydrogens (tertiary/aromatic N) is 1. The molecular weight excluding hydrogens is 184 g/mol. The van der Waals surface area contributed by atoms with Crippen LogP contribution < -0.4 is 5.73 Å². The van der Waals surface area contributed by atoms with E-state index in [0.717, 1.165) is 27.8 Å². The summed E-state index contributed by atoms with van der Waals surface area (Å²) in [5, 5.41) is 0.500. The molecule has 0 spiro atoms. The molecule has 0 saturated carbocycles. The zero-order valence-corrected chi connectivity index (χ0v) is 7.89. The summed E-state index contributed by atoms with van der Waals surface area (Å²) in [6.07, 6.45) is 0.760. The maximum atomic E-state index is 10.5. The van der Waals surface area contributed by atoms with Crippen LogP contribution in [0.3, 0.4) is 0 Å². The van der Waals surface area contributed by atoms with Gasteiger partial charge in [-0.2, -0.15) is 0 Å². The van der Waals surface area contributed by atoms with Crippen molar-refractivity contribution in [1.82, 2.24) is 4.98 Å². The van der Waals surface area contributed by atoms with Gasteiger partial charge in [0, 0.05) is 5.69 Å². The lowest BCUT2D eigenvalue weighted by Gasteiger charge is -1.97. The Labute approximate surface area is 79.2 Å². The molecule has 3 nitrogen and oxygen atoms in total. The Morgan fingerprint density at radius 3 is 3.00 bits per heavy atom. The minimum atomic E-state index is 0.500. The van der Waals surface area contributed by atoms with E-state index in [-0.39, 0.29) is 0 Å². The number of nitrogen functional groups attached to an aromatic ring is 1. The van der Waals surface area contributed by atoms with Gasteiger partial charge in [-0.1, -0.05) is 0 Å². The predicted molar refractivity (Wildman–Crippen MR) is 54.2 cm³/mol. The number of carbonyl (C=O) groups is 1. The molecule has 0 saturated heterocycles. The Kier molecular flexibility index (Phi) is 1.77. The van der Waals surface area contributed by atoms with Crippen LogP contribution in [0.15, 0.2) is 12.1 Å². The van der Waals surface area contributed by atoms with Crippen molar-refractivity contribution in [2.45, 2.75) is 6.92 Å². The summed E-state index contributed by atoms with van der Waals surface area (Å²) in [6, 6.07) is 3.75. The van der Waals surface area contributed by atoms with Gasteiger partial charge in [0.25, 0.3) is 0 Å². The Morgan fingerprint density at radius 1 is 1.54 bits per heavy atom. The molecule has 1 heterocycles. The van der Waals surface area contributed by atoms with Crippen molar-refractivity contribution in [2.24, 2.45) is 0 Å². The summed E-state index contributed by atoms with van der Waals surface area (Å²) < 4.78 is 0.963. The first kappa shape index (κ1) is 8.19. The van der Waals surface area contributed by atoms with E-state index in [4.69, 9.17) is 5.73 Å². The highest BCUT2D eigenvalue weighted by molar-refractivity contribution is 7.20. The smallest absolute Gasteiger partial charge is 0.178 e. The number of aromatic nitrogens is 1. The van der Waals surface area contributed by atoms with E-state index in [1.807, 2.05) is 19.1 Å². The molecule has 0 unspecified atom stereocenters. The molecular formula is C9H8N2OS. The van der Waals surface area contributed by atoms with Gasteiger partial charge in [-0.25, -0.2) is 4.98 Å².